The number of carbonyl (C=O) groups is 2. The predicted molar refractivity (Wildman–Crippen MR) is 74.3 cm³/mol. The maximum atomic E-state index is 11.4. The van der Waals surface area contributed by atoms with Crippen molar-refractivity contribution in [2.45, 2.75) is 26.2 Å². The van der Waals surface area contributed by atoms with E-state index in [0.717, 1.165) is 5.56 Å². The van der Waals surface area contributed by atoms with Crippen LogP contribution in [0.1, 0.15) is 35.0 Å². The molecule has 1 heterocycles. The van der Waals surface area contributed by atoms with Crippen LogP contribution in [0.2, 0.25) is 0 Å². The zero-order chi connectivity index (χ0) is 15.0. The van der Waals surface area contributed by atoms with Crippen LogP contribution >= 0.6 is 11.3 Å². The van der Waals surface area contributed by atoms with Gasteiger partial charge < -0.3 is 9.47 Å². The first-order valence-corrected chi connectivity index (χ1v) is 7.22. The van der Waals surface area contributed by atoms with E-state index < -0.39 is 11.9 Å². The molecule has 0 aliphatic rings. The number of thiophene rings is 1. The van der Waals surface area contributed by atoms with Crippen LogP contribution in [0, 0.1) is 17.2 Å². The Kier molecular flexibility index (Phi) is 6.74. The summed E-state index contributed by atoms with van der Waals surface area (Å²) in [7, 11) is 1.35. The van der Waals surface area contributed by atoms with Crippen molar-refractivity contribution in [2.24, 2.45) is 5.92 Å². The molecule has 0 fully saturated rings. The first-order chi connectivity index (χ1) is 9.62. The van der Waals surface area contributed by atoms with Crippen molar-refractivity contribution in [3.05, 3.63) is 21.9 Å². The SMILES string of the molecule is CCOC(=O)C(C#N)CCCc1csc(C(=O)OC)c1. The molecule has 0 aliphatic carbocycles. The Morgan fingerprint density at radius 1 is 1.50 bits per heavy atom. The largest absolute Gasteiger partial charge is 0.465 e. The number of hydrogen-bond donors (Lipinski definition) is 0. The van der Waals surface area contributed by atoms with Crippen molar-refractivity contribution in [3.8, 4) is 6.07 Å². The fraction of sp³-hybridized carbons (Fsp3) is 0.500. The van der Waals surface area contributed by atoms with Gasteiger partial charge in [-0.1, -0.05) is 0 Å². The molecular formula is C14H17NO4S. The molecule has 1 rings (SSSR count). The molecular weight excluding hydrogens is 278 g/mol. The third kappa shape index (κ3) is 4.67. The van der Waals surface area contributed by atoms with E-state index in [1.54, 1.807) is 13.0 Å². The molecule has 0 bridgehead atoms. The fourth-order valence-corrected chi connectivity index (χ4v) is 2.57. The van der Waals surface area contributed by atoms with Gasteiger partial charge in [0.25, 0.3) is 0 Å². The second-order valence-electron chi connectivity index (χ2n) is 4.14. The first kappa shape index (κ1) is 16.2. The predicted octanol–water partition coefficient (Wildman–Crippen LogP) is 2.56. The summed E-state index contributed by atoms with van der Waals surface area (Å²) >= 11 is 1.33. The van der Waals surface area contributed by atoms with Gasteiger partial charge in [0.1, 0.15) is 10.8 Å². The molecule has 20 heavy (non-hydrogen) atoms. The number of hydrogen-bond acceptors (Lipinski definition) is 6. The van der Waals surface area contributed by atoms with E-state index in [4.69, 9.17) is 10.00 Å². The molecule has 1 aromatic heterocycles. The van der Waals surface area contributed by atoms with Crippen molar-refractivity contribution < 1.29 is 19.1 Å². The highest BCUT2D eigenvalue weighted by Crippen LogP contribution is 2.19. The Hall–Kier alpha value is -1.87. The maximum absolute atomic E-state index is 11.4. The minimum atomic E-state index is -0.714. The molecule has 0 N–H and O–H groups in total. The number of nitrogens with zero attached hydrogens (tertiary/aromatic N) is 1. The Bertz CT molecular complexity index is 504. The third-order valence-electron chi connectivity index (χ3n) is 2.73. The van der Waals surface area contributed by atoms with Crippen LogP contribution < -0.4 is 0 Å². The molecule has 0 saturated heterocycles. The summed E-state index contributed by atoms with van der Waals surface area (Å²) in [5.41, 5.74) is 1.01. The van der Waals surface area contributed by atoms with Gasteiger partial charge in [0.2, 0.25) is 0 Å². The smallest absolute Gasteiger partial charge is 0.348 e. The summed E-state index contributed by atoms with van der Waals surface area (Å²) in [4.78, 5) is 23.3. The molecule has 108 valence electrons. The summed E-state index contributed by atoms with van der Waals surface area (Å²) in [5.74, 6) is -1.52. The van der Waals surface area contributed by atoms with Gasteiger partial charge in [0.15, 0.2) is 0 Å². The van der Waals surface area contributed by atoms with Crippen molar-refractivity contribution in [2.75, 3.05) is 13.7 Å². The molecule has 6 heteroatoms. The van der Waals surface area contributed by atoms with Crippen molar-refractivity contribution in [3.63, 3.8) is 0 Å². The van der Waals surface area contributed by atoms with Crippen LogP contribution in [0.3, 0.4) is 0 Å². The number of esters is 2. The van der Waals surface area contributed by atoms with Gasteiger partial charge >= 0.3 is 11.9 Å². The average molecular weight is 295 g/mol. The van der Waals surface area contributed by atoms with Gasteiger partial charge in [-0.3, -0.25) is 4.79 Å². The zero-order valence-corrected chi connectivity index (χ0v) is 12.4. The van der Waals surface area contributed by atoms with Gasteiger partial charge in [-0.2, -0.15) is 5.26 Å². The van der Waals surface area contributed by atoms with Gasteiger partial charge in [0.05, 0.1) is 19.8 Å². The molecule has 1 unspecified atom stereocenters. The van der Waals surface area contributed by atoms with Crippen LogP contribution in [0.5, 0.6) is 0 Å². The Morgan fingerprint density at radius 3 is 2.85 bits per heavy atom. The van der Waals surface area contributed by atoms with Crippen LogP contribution in [-0.2, 0) is 20.7 Å². The maximum Gasteiger partial charge on any atom is 0.348 e. The van der Waals surface area contributed by atoms with Crippen LogP contribution in [-0.4, -0.2) is 25.7 Å². The van der Waals surface area contributed by atoms with E-state index >= 15 is 0 Å². The summed E-state index contributed by atoms with van der Waals surface area (Å²) in [5, 5.41) is 10.8. The lowest BCUT2D eigenvalue weighted by Crippen LogP contribution is -2.16. The third-order valence-corrected chi connectivity index (χ3v) is 3.68. The molecule has 1 atom stereocenters. The summed E-state index contributed by atoms with van der Waals surface area (Å²) in [6.07, 6.45) is 1.86. The number of ether oxygens (including phenoxy) is 2. The van der Waals surface area contributed by atoms with Crippen molar-refractivity contribution in [1.82, 2.24) is 0 Å². The first-order valence-electron chi connectivity index (χ1n) is 6.34. The number of rotatable bonds is 7. The quantitative estimate of drug-likeness (QED) is 0.722. The van der Waals surface area contributed by atoms with Crippen LogP contribution in [0.4, 0.5) is 0 Å². The fourth-order valence-electron chi connectivity index (χ4n) is 1.70. The minimum absolute atomic E-state index is 0.282. The van der Waals surface area contributed by atoms with Crippen molar-refractivity contribution in [1.29, 1.82) is 5.26 Å². The highest BCUT2D eigenvalue weighted by atomic mass is 32.1. The van der Waals surface area contributed by atoms with Gasteiger partial charge in [0, 0.05) is 0 Å². The number of nitriles is 1. The Balaban J connectivity index is 2.44. The molecule has 5 nitrogen and oxygen atoms in total. The highest BCUT2D eigenvalue weighted by Gasteiger charge is 2.18. The average Bonchev–Trinajstić information content (AvgIpc) is 2.91. The lowest BCUT2D eigenvalue weighted by Gasteiger charge is -2.07. The van der Waals surface area contributed by atoms with Crippen molar-refractivity contribution >= 4 is 23.3 Å². The summed E-state index contributed by atoms with van der Waals surface area (Å²) in [6, 6.07) is 3.74. The van der Waals surface area contributed by atoms with Crippen LogP contribution in [0.25, 0.3) is 0 Å². The molecule has 0 spiro atoms. The minimum Gasteiger partial charge on any atom is -0.465 e. The van der Waals surface area contributed by atoms with E-state index in [1.165, 1.54) is 18.4 Å². The lowest BCUT2D eigenvalue weighted by atomic mass is 10.0. The van der Waals surface area contributed by atoms with Gasteiger partial charge in [-0.25, -0.2) is 4.79 Å². The van der Waals surface area contributed by atoms with E-state index in [-0.39, 0.29) is 12.6 Å². The zero-order valence-electron chi connectivity index (χ0n) is 11.5. The molecule has 0 saturated carbocycles. The van der Waals surface area contributed by atoms with E-state index in [1.807, 2.05) is 11.4 Å². The van der Waals surface area contributed by atoms with E-state index in [0.29, 0.717) is 24.1 Å². The van der Waals surface area contributed by atoms with Crippen LogP contribution in [0.15, 0.2) is 11.4 Å². The molecule has 1 aromatic rings. The topological polar surface area (TPSA) is 76.4 Å². The van der Waals surface area contributed by atoms with E-state index in [9.17, 15) is 9.59 Å². The summed E-state index contributed by atoms with van der Waals surface area (Å²) in [6.45, 7) is 2.00. The molecule has 0 aromatic carbocycles. The second-order valence-corrected chi connectivity index (χ2v) is 5.05. The molecule has 0 radical (unpaired) electrons. The number of carbonyl (C=O) groups excluding carboxylic acids is 2. The van der Waals surface area contributed by atoms with Gasteiger partial charge in [-0.05, 0) is 43.2 Å². The number of methoxy groups -OCH3 is 1. The summed E-state index contributed by atoms with van der Waals surface area (Å²) < 4.78 is 9.46. The Labute approximate surface area is 122 Å². The van der Waals surface area contributed by atoms with E-state index in [2.05, 4.69) is 4.74 Å². The Morgan fingerprint density at radius 2 is 2.25 bits per heavy atom. The standard InChI is InChI=1S/C14H17NO4S/c1-3-19-13(16)11(8-15)6-4-5-10-7-12(20-9-10)14(17)18-2/h7,9,11H,3-6H2,1-2H3. The van der Waals surface area contributed by atoms with Gasteiger partial charge in [-0.15, -0.1) is 11.3 Å². The molecule has 0 aliphatic heterocycles. The monoisotopic (exact) mass is 295 g/mol. The lowest BCUT2D eigenvalue weighted by molar-refractivity contribution is -0.146. The second kappa shape index (κ2) is 8.33. The normalized spacial score (nSPS) is 11.4. The number of aryl methyl sites for hydroxylation is 1. The molecule has 0 amide bonds. The highest BCUT2D eigenvalue weighted by molar-refractivity contribution is 7.12.